The average molecular weight is 497 g/mol. The third-order valence-corrected chi connectivity index (χ3v) is 7.91. The smallest absolute Gasteiger partial charge is 0.233 e. The molecule has 0 radical (unpaired) electrons. The number of thioether (sulfide) groups is 1. The zero-order valence-electron chi connectivity index (χ0n) is 20.6. The molecule has 9 nitrogen and oxygen atoms in total. The predicted molar refractivity (Wildman–Crippen MR) is 129 cm³/mol. The van der Waals surface area contributed by atoms with Gasteiger partial charge in [0.25, 0.3) is 0 Å². The van der Waals surface area contributed by atoms with Gasteiger partial charge < -0.3 is 15.1 Å². The SMILES string of the molecule is CCC1(N(C)C)CN(c2nc(SC)nc(CNC(=O)[C@H](CC3CCCC3)CN(O)C=O)c2F)C1. The highest BCUT2D eigenvalue weighted by molar-refractivity contribution is 7.98. The van der Waals surface area contributed by atoms with Crippen molar-refractivity contribution in [2.24, 2.45) is 11.8 Å². The van der Waals surface area contributed by atoms with E-state index in [0.717, 1.165) is 32.1 Å². The summed E-state index contributed by atoms with van der Waals surface area (Å²) in [5, 5.41) is 13.4. The minimum Gasteiger partial charge on any atom is -0.350 e. The Morgan fingerprint density at radius 1 is 1.35 bits per heavy atom. The van der Waals surface area contributed by atoms with Crippen molar-refractivity contribution in [1.29, 1.82) is 0 Å². The van der Waals surface area contributed by atoms with E-state index in [1.165, 1.54) is 11.8 Å². The van der Waals surface area contributed by atoms with Crippen molar-refractivity contribution in [3.63, 3.8) is 0 Å². The lowest BCUT2D eigenvalue weighted by molar-refractivity contribution is -0.155. The van der Waals surface area contributed by atoms with Crippen LogP contribution in [0.1, 0.15) is 51.1 Å². The first-order valence-corrected chi connectivity index (χ1v) is 13.2. The molecule has 2 amide bonds. The van der Waals surface area contributed by atoms with Crippen molar-refractivity contribution in [1.82, 2.24) is 25.2 Å². The lowest BCUT2D eigenvalue weighted by Gasteiger charge is -2.54. The summed E-state index contributed by atoms with van der Waals surface area (Å²) >= 11 is 1.33. The minimum absolute atomic E-state index is 0.00645. The highest BCUT2D eigenvalue weighted by Gasteiger charge is 2.45. The number of carbonyl (C=O) groups excluding carboxylic acids is 2. The normalized spacial score (nSPS) is 18.6. The highest BCUT2D eigenvalue weighted by atomic mass is 32.2. The second kappa shape index (κ2) is 11.6. The lowest BCUT2D eigenvalue weighted by Crippen LogP contribution is -2.68. The molecule has 2 N–H and O–H groups in total. The van der Waals surface area contributed by atoms with Crippen LogP contribution in [0.5, 0.6) is 0 Å². The first-order valence-electron chi connectivity index (χ1n) is 11.9. The van der Waals surface area contributed by atoms with Gasteiger partial charge in [0.05, 0.1) is 24.5 Å². The number of nitrogens with one attached hydrogen (secondary N) is 1. The van der Waals surface area contributed by atoms with Crippen molar-refractivity contribution >= 4 is 29.9 Å². The van der Waals surface area contributed by atoms with Gasteiger partial charge in [0, 0.05) is 13.1 Å². The third-order valence-electron chi connectivity index (χ3n) is 7.36. The Labute approximate surface area is 205 Å². The van der Waals surface area contributed by atoms with E-state index in [2.05, 4.69) is 27.1 Å². The van der Waals surface area contributed by atoms with Crippen LogP contribution in [0.4, 0.5) is 10.2 Å². The third kappa shape index (κ3) is 5.98. The zero-order valence-corrected chi connectivity index (χ0v) is 21.4. The molecule has 1 aromatic heterocycles. The van der Waals surface area contributed by atoms with Gasteiger partial charge in [0.2, 0.25) is 12.3 Å². The Morgan fingerprint density at radius 2 is 2.03 bits per heavy atom. The molecule has 1 saturated heterocycles. The Bertz CT molecular complexity index is 861. The summed E-state index contributed by atoms with van der Waals surface area (Å²) in [5.74, 6) is -0.753. The van der Waals surface area contributed by atoms with Crippen molar-refractivity contribution in [3.05, 3.63) is 11.5 Å². The Hall–Kier alpha value is -1.98. The molecule has 0 unspecified atom stereocenters. The summed E-state index contributed by atoms with van der Waals surface area (Å²) in [4.78, 5) is 36.7. The second-order valence-electron chi connectivity index (χ2n) is 9.65. The fourth-order valence-electron chi connectivity index (χ4n) is 5.01. The molecule has 1 atom stereocenters. The van der Waals surface area contributed by atoms with Crippen LogP contribution in [0.3, 0.4) is 0 Å². The molecule has 0 bridgehead atoms. The summed E-state index contributed by atoms with van der Waals surface area (Å²) < 4.78 is 15.4. The van der Waals surface area contributed by atoms with Gasteiger partial charge in [-0.25, -0.2) is 19.4 Å². The van der Waals surface area contributed by atoms with Gasteiger partial charge in [-0.3, -0.25) is 14.8 Å². The maximum atomic E-state index is 15.4. The van der Waals surface area contributed by atoms with Crippen LogP contribution in [-0.4, -0.2) is 83.0 Å². The number of aromatic nitrogens is 2. The first-order chi connectivity index (χ1) is 16.2. The zero-order chi connectivity index (χ0) is 24.9. The lowest BCUT2D eigenvalue weighted by atomic mass is 9.85. The van der Waals surface area contributed by atoms with E-state index in [4.69, 9.17) is 0 Å². The second-order valence-corrected chi connectivity index (χ2v) is 10.4. The Balaban J connectivity index is 1.71. The first kappa shape index (κ1) is 26.6. The van der Waals surface area contributed by atoms with Gasteiger partial charge >= 0.3 is 0 Å². The molecule has 0 aromatic carbocycles. The number of likely N-dealkylation sites (N-methyl/N-ethyl adjacent to an activating group) is 1. The van der Waals surface area contributed by atoms with E-state index in [-0.39, 0.29) is 36.0 Å². The number of carbonyl (C=O) groups is 2. The monoisotopic (exact) mass is 496 g/mol. The molecule has 2 heterocycles. The van der Waals surface area contributed by atoms with Crippen molar-refractivity contribution in [3.8, 4) is 0 Å². The van der Waals surface area contributed by atoms with Crippen LogP contribution in [0, 0.1) is 17.7 Å². The summed E-state index contributed by atoms with van der Waals surface area (Å²) in [5.41, 5.74) is 0.130. The number of hydroxylamine groups is 2. The standard InChI is InChI=1S/C23H37FN6O3S/c1-5-23(28(2)3)13-29(14-23)20-19(24)18(26-22(27-20)34-4)11-25-21(32)17(12-30(33)15-31)10-16-8-6-7-9-16/h15-17,33H,5-14H2,1-4H3,(H,25,32)/t17-/m1/s1. The van der Waals surface area contributed by atoms with Gasteiger partial charge in [-0.2, -0.15) is 0 Å². The topological polar surface area (TPSA) is 102 Å². The molecule has 190 valence electrons. The molecular weight excluding hydrogens is 459 g/mol. The summed E-state index contributed by atoms with van der Waals surface area (Å²) in [6.07, 6.45) is 8.01. The van der Waals surface area contributed by atoms with E-state index in [1.807, 2.05) is 25.3 Å². The molecule has 34 heavy (non-hydrogen) atoms. The van der Waals surface area contributed by atoms with Crippen molar-refractivity contribution in [2.45, 2.75) is 62.7 Å². The van der Waals surface area contributed by atoms with E-state index in [0.29, 0.717) is 42.1 Å². The van der Waals surface area contributed by atoms with Gasteiger partial charge in [0.15, 0.2) is 16.8 Å². The van der Waals surface area contributed by atoms with Gasteiger partial charge in [-0.15, -0.1) is 0 Å². The minimum atomic E-state index is -0.566. The van der Waals surface area contributed by atoms with Crippen LogP contribution < -0.4 is 10.2 Å². The van der Waals surface area contributed by atoms with E-state index in [9.17, 15) is 14.8 Å². The van der Waals surface area contributed by atoms with E-state index < -0.39 is 11.7 Å². The van der Waals surface area contributed by atoms with Gasteiger partial charge in [0.1, 0.15) is 5.69 Å². The number of anilines is 1. The number of nitrogens with zero attached hydrogens (tertiary/aromatic N) is 5. The molecule has 2 aliphatic rings. The molecule has 1 saturated carbocycles. The van der Waals surface area contributed by atoms with Crippen molar-refractivity contribution < 1.29 is 19.2 Å². The summed E-state index contributed by atoms with van der Waals surface area (Å²) in [6, 6.07) is 0. The number of amides is 2. The van der Waals surface area contributed by atoms with Crippen LogP contribution in [-0.2, 0) is 16.1 Å². The Kier molecular flexibility index (Phi) is 9.11. The fourth-order valence-corrected chi connectivity index (χ4v) is 5.39. The molecular formula is C23H37FN6O3S. The number of halogens is 1. The Morgan fingerprint density at radius 3 is 2.59 bits per heavy atom. The molecule has 3 rings (SSSR count). The van der Waals surface area contributed by atoms with Gasteiger partial charge in [-0.1, -0.05) is 44.4 Å². The van der Waals surface area contributed by atoms with E-state index >= 15 is 4.39 Å². The predicted octanol–water partition coefficient (Wildman–Crippen LogP) is 2.53. The quantitative estimate of drug-likeness (QED) is 0.150. The number of hydrogen-bond acceptors (Lipinski definition) is 8. The maximum absolute atomic E-state index is 15.4. The fraction of sp³-hybridized carbons (Fsp3) is 0.739. The molecule has 2 fully saturated rings. The molecule has 0 spiro atoms. The molecule has 1 aromatic rings. The van der Waals surface area contributed by atoms with Crippen LogP contribution in [0.15, 0.2) is 5.16 Å². The van der Waals surface area contributed by atoms with Crippen molar-refractivity contribution in [2.75, 3.05) is 44.9 Å². The van der Waals surface area contributed by atoms with Crippen LogP contribution in [0.25, 0.3) is 0 Å². The largest absolute Gasteiger partial charge is 0.350 e. The molecule has 1 aliphatic carbocycles. The van der Waals surface area contributed by atoms with Gasteiger partial charge in [-0.05, 0) is 39.1 Å². The summed E-state index contributed by atoms with van der Waals surface area (Å²) in [6.45, 7) is 3.30. The summed E-state index contributed by atoms with van der Waals surface area (Å²) in [7, 11) is 4.07. The molecule has 1 aliphatic heterocycles. The molecule has 11 heteroatoms. The maximum Gasteiger partial charge on any atom is 0.233 e. The number of hydrogen-bond donors (Lipinski definition) is 2. The number of rotatable bonds is 12. The van der Waals surface area contributed by atoms with Crippen LogP contribution in [0.2, 0.25) is 0 Å². The van der Waals surface area contributed by atoms with Crippen LogP contribution >= 0.6 is 11.8 Å². The highest BCUT2D eigenvalue weighted by Crippen LogP contribution is 2.35. The van der Waals surface area contributed by atoms with E-state index in [1.54, 1.807) is 0 Å². The average Bonchev–Trinajstić information content (AvgIpc) is 3.30.